The van der Waals surface area contributed by atoms with Crippen LogP contribution in [0.2, 0.25) is 0 Å². The van der Waals surface area contributed by atoms with Gasteiger partial charge < -0.3 is 5.32 Å². The molecule has 0 saturated carbocycles. The predicted octanol–water partition coefficient (Wildman–Crippen LogP) is 5.46. The zero-order chi connectivity index (χ0) is 15.7. The summed E-state index contributed by atoms with van der Waals surface area (Å²) in [5, 5.41) is 6.34. The topological polar surface area (TPSA) is 12.0 Å². The number of rotatable bonds is 3. The van der Waals surface area contributed by atoms with Crippen LogP contribution in [0, 0.1) is 0 Å². The maximum Gasteiger partial charge on any atom is 0.0222 e. The van der Waals surface area contributed by atoms with Crippen LogP contribution in [0.25, 0.3) is 16.3 Å². The lowest BCUT2D eigenvalue weighted by Gasteiger charge is -2.23. The second kappa shape index (κ2) is 5.73. The fourth-order valence-corrected chi connectivity index (χ4v) is 3.03. The van der Waals surface area contributed by atoms with Gasteiger partial charge in [-0.3, -0.25) is 0 Å². The highest BCUT2D eigenvalue weighted by Crippen LogP contribution is 2.33. The molecule has 0 unspecified atom stereocenters. The van der Waals surface area contributed by atoms with Crippen molar-refractivity contribution in [3.63, 3.8) is 0 Å². The van der Waals surface area contributed by atoms with Crippen LogP contribution in [-0.2, 0) is 6.54 Å². The Morgan fingerprint density at radius 2 is 1.82 bits per heavy atom. The van der Waals surface area contributed by atoms with Gasteiger partial charge in [0.2, 0.25) is 0 Å². The number of hydrogen-bond donors (Lipinski definition) is 1. The lowest BCUT2D eigenvalue weighted by molar-refractivity contribution is 0.425. The fourth-order valence-electron chi connectivity index (χ4n) is 3.03. The summed E-state index contributed by atoms with van der Waals surface area (Å²) in [4.78, 5) is 0. The van der Waals surface area contributed by atoms with Crippen molar-refractivity contribution in [2.45, 2.75) is 46.2 Å². The van der Waals surface area contributed by atoms with E-state index in [2.05, 4.69) is 81.6 Å². The van der Waals surface area contributed by atoms with Crippen molar-refractivity contribution in [3.8, 4) is 0 Å². The zero-order valence-corrected chi connectivity index (χ0v) is 14.0. The molecule has 0 heterocycles. The Morgan fingerprint density at radius 3 is 2.50 bits per heavy atom. The van der Waals surface area contributed by atoms with E-state index < -0.39 is 0 Å². The number of benzene rings is 2. The van der Waals surface area contributed by atoms with Crippen LogP contribution in [0.5, 0.6) is 0 Å². The van der Waals surface area contributed by atoms with Gasteiger partial charge >= 0.3 is 0 Å². The van der Waals surface area contributed by atoms with Gasteiger partial charge in [0.1, 0.15) is 0 Å². The molecule has 0 aliphatic heterocycles. The highest BCUT2D eigenvalue weighted by Gasteiger charge is 2.16. The molecule has 0 spiro atoms. The molecule has 22 heavy (non-hydrogen) atoms. The molecule has 1 N–H and O–H groups in total. The highest BCUT2D eigenvalue weighted by atomic mass is 14.9. The molecule has 0 atom stereocenters. The number of hydrogen-bond acceptors (Lipinski definition) is 1. The van der Waals surface area contributed by atoms with E-state index in [1.54, 1.807) is 0 Å². The first-order valence-electron chi connectivity index (χ1n) is 8.07. The second-order valence-electron chi connectivity index (χ2n) is 7.24. The SMILES string of the molecule is CC1=CCC(c2ccc3ccccc3c2CNC(C)(C)C)=C1. The summed E-state index contributed by atoms with van der Waals surface area (Å²) < 4.78 is 0. The number of allylic oxidation sites excluding steroid dienone is 4. The maximum absolute atomic E-state index is 3.66. The van der Waals surface area contributed by atoms with Gasteiger partial charge in [-0.05, 0) is 61.6 Å². The summed E-state index contributed by atoms with van der Waals surface area (Å²) >= 11 is 0. The molecular weight excluding hydrogens is 266 g/mol. The average Bonchev–Trinajstić information content (AvgIpc) is 2.90. The Morgan fingerprint density at radius 1 is 1.05 bits per heavy atom. The third-order valence-electron chi connectivity index (χ3n) is 4.23. The molecule has 2 aromatic carbocycles. The van der Waals surface area contributed by atoms with Crippen molar-refractivity contribution >= 4 is 16.3 Å². The van der Waals surface area contributed by atoms with Crippen molar-refractivity contribution in [2.24, 2.45) is 0 Å². The van der Waals surface area contributed by atoms with Crippen LogP contribution in [0.1, 0.15) is 45.2 Å². The number of nitrogens with one attached hydrogen (secondary N) is 1. The molecule has 1 heteroatoms. The first-order valence-corrected chi connectivity index (χ1v) is 8.07. The van der Waals surface area contributed by atoms with Crippen LogP contribution in [-0.4, -0.2) is 5.54 Å². The lowest BCUT2D eigenvalue weighted by Crippen LogP contribution is -2.35. The van der Waals surface area contributed by atoms with Crippen LogP contribution in [0.4, 0.5) is 0 Å². The largest absolute Gasteiger partial charge is 0.308 e. The van der Waals surface area contributed by atoms with Gasteiger partial charge in [0.15, 0.2) is 0 Å². The maximum atomic E-state index is 3.66. The molecule has 2 aromatic rings. The molecule has 0 aromatic heterocycles. The number of fused-ring (bicyclic) bond motifs is 1. The van der Waals surface area contributed by atoms with E-state index in [9.17, 15) is 0 Å². The Kier molecular flexibility index (Phi) is 3.92. The molecule has 1 nitrogen and oxygen atoms in total. The molecule has 0 amide bonds. The van der Waals surface area contributed by atoms with E-state index in [0.29, 0.717) is 0 Å². The van der Waals surface area contributed by atoms with E-state index >= 15 is 0 Å². The van der Waals surface area contributed by atoms with Gasteiger partial charge in [-0.2, -0.15) is 0 Å². The van der Waals surface area contributed by atoms with Crippen molar-refractivity contribution in [2.75, 3.05) is 0 Å². The fraction of sp³-hybridized carbons (Fsp3) is 0.333. The van der Waals surface area contributed by atoms with Gasteiger partial charge in [-0.25, -0.2) is 0 Å². The van der Waals surface area contributed by atoms with Gasteiger partial charge in [-0.1, -0.05) is 54.1 Å². The van der Waals surface area contributed by atoms with E-state index in [1.807, 2.05) is 0 Å². The third kappa shape index (κ3) is 3.15. The molecule has 114 valence electrons. The minimum absolute atomic E-state index is 0.117. The van der Waals surface area contributed by atoms with Crippen molar-refractivity contribution in [1.82, 2.24) is 5.32 Å². The van der Waals surface area contributed by atoms with Crippen LogP contribution < -0.4 is 5.32 Å². The normalized spacial score (nSPS) is 15.1. The van der Waals surface area contributed by atoms with E-state index in [1.165, 1.54) is 33.0 Å². The third-order valence-corrected chi connectivity index (χ3v) is 4.23. The summed E-state index contributed by atoms with van der Waals surface area (Å²) in [5.41, 5.74) is 5.74. The Hall–Kier alpha value is -1.86. The zero-order valence-electron chi connectivity index (χ0n) is 14.0. The van der Waals surface area contributed by atoms with Crippen molar-refractivity contribution < 1.29 is 0 Å². The van der Waals surface area contributed by atoms with Gasteiger partial charge in [0, 0.05) is 12.1 Å². The lowest BCUT2D eigenvalue weighted by atomic mass is 9.93. The smallest absolute Gasteiger partial charge is 0.0222 e. The average molecular weight is 291 g/mol. The van der Waals surface area contributed by atoms with Gasteiger partial charge in [0.05, 0.1) is 0 Å². The first kappa shape index (κ1) is 15.1. The Labute approximate surface area is 133 Å². The highest BCUT2D eigenvalue weighted by molar-refractivity contribution is 5.91. The summed E-state index contributed by atoms with van der Waals surface area (Å²) in [6.07, 6.45) is 5.68. The molecule has 0 saturated heterocycles. The summed E-state index contributed by atoms with van der Waals surface area (Å²) in [7, 11) is 0. The predicted molar refractivity (Wildman–Crippen MR) is 96.9 cm³/mol. The van der Waals surface area contributed by atoms with Crippen LogP contribution in [0.15, 0.2) is 54.1 Å². The molecule has 1 aliphatic carbocycles. The first-order chi connectivity index (χ1) is 10.4. The minimum atomic E-state index is 0.117. The summed E-state index contributed by atoms with van der Waals surface area (Å²) in [6.45, 7) is 9.74. The molecule has 3 rings (SSSR count). The molecule has 0 fully saturated rings. The quantitative estimate of drug-likeness (QED) is 0.791. The molecule has 0 bridgehead atoms. The van der Waals surface area contributed by atoms with Gasteiger partial charge in [-0.15, -0.1) is 0 Å². The second-order valence-corrected chi connectivity index (χ2v) is 7.24. The summed E-state index contributed by atoms with van der Waals surface area (Å²) in [5.74, 6) is 0. The molecule has 0 radical (unpaired) electrons. The van der Waals surface area contributed by atoms with E-state index in [0.717, 1.165) is 13.0 Å². The van der Waals surface area contributed by atoms with Crippen molar-refractivity contribution in [1.29, 1.82) is 0 Å². The molecule has 1 aliphatic rings. The van der Waals surface area contributed by atoms with E-state index in [-0.39, 0.29) is 5.54 Å². The monoisotopic (exact) mass is 291 g/mol. The minimum Gasteiger partial charge on any atom is -0.308 e. The Balaban J connectivity index is 2.09. The van der Waals surface area contributed by atoms with E-state index in [4.69, 9.17) is 0 Å². The van der Waals surface area contributed by atoms with Crippen molar-refractivity contribution in [3.05, 3.63) is 65.3 Å². The van der Waals surface area contributed by atoms with Crippen LogP contribution in [0.3, 0.4) is 0 Å². The summed E-state index contributed by atoms with van der Waals surface area (Å²) in [6, 6.07) is 13.2. The Bertz CT molecular complexity index is 757. The van der Waals surface area contributed by atoms with Gasteiger partial charge in [0.25, 0.3) is 0 Å². The molecular formula is C21H25N. The van der Waals surface area contributed by atoms with Crippen LogP contribution >= 0.6 is 0 Å². The standard InChI is InChI=1S/C21H25N/c1-15-9-10-17(13-15)19-12-11-16-7-5-6-8-18(16)20(19)14-22-21(2,3)4/h5-9,11-13,22H,10,14H2,1-4H3.